The Morgan fingerprint density at radius 3 is 2.25 bits per heavy atom. The number of rotatable bonds is 4. The first kappa shape index (κ1) is 14.9. The van der Waals surface area contributed by atoms with Crippen LogP contribution in [0.5, 0.6) is 0 Å². The van der Waals surface area contributed by atoms with Crippen molar-refractivity contribution in [3.63, 3.8) is 0 Å². The number of pyridine rings is 2. The molecule has 0 unspecified atom stereocenters. The van der Waals surface area contributed by atoms with Crippen molar-refractivity contribution in [2.75, 3.05) is 0 Å². The lowest BCUT2D eigenvalue weighted by molar-refractivity contribution is 0.386. The second kappa shape index (κ2) is 5.83. The van der Waals surface area contributed by atoms with Gasteiger partial charge in [-0.1, -0.05) is 26.0 Å². The van der Waals surface area contributed by atoms with Crippen molar-refractivity contribution in [3.8, 4) is 11.4 Å². The van der Waals surface area contributed by atoms with Crippen LogP contribution in [0.2, 0.25) is 0 Å². The van der Waals surface area contributed by atoms with E-state index in [9.17, 15) is 4.57 Å². The molecule has 0 bridgehead atoms. The van der Waals surface area contributed by atoms with Crippen LogP contribution >= 0.6 is 7.60 Å². The molecule has 0 atom stereocenters. The fourth-order valence-corrected chi connectivity index (χ4v) is 2.40. The van der Waals surface area contributed by atoms with Crippen LogP contribution in [0.4, 0.5) is 0 Å². The molecule has 2 aromatic rings. The van der Waals surface area contributed by atoms with Crippen molar-refractivity contribution in [3.05, 3.63) is 42.1 Å². The van der Waals surface area contributed by atoms with E-state index >= 15 is 0 Å². The van der Waals surface area contributed by atoms with Crippen LogP contribution in [0.1, 0.15) is 19.5 Å². The van der Waals surface area contributed by atoms with Gasteiger partial charge in [-0.3, -0.25) is 9.55 Å². The Morgan fingerprint density at radius 1 is 1.05 bits per heavy atom. The van der Waals surface area contributed by atoms with Gasteiger partial charge in [0.15, 0.2) is 5.44 Å². The average Bonchev–Trinajstić information content (AvgIpc) is 2.37. The van der Waals surface area contributed by atoms with Crippen LogP contribution in [0.15, 0.2) is 36.4 Å². The van der Waals surface area contributed by atoms with E-state index in [1.807, 2.05) is 12.1 Å². The zero-order chi connectivity index (χ0) is 14.8. The molecule has 2 aromatic heterocycles. The summed E-state index contributed by atoms with van der Waals surface area (Å²) >= 11 is 0. The molecule has 2 N–H and O–H groups in total. The summed E-state index contributed by atoms with van der Waals surface area (Å²) in [5.74, 6) is 0.493. The molecule has 2 rings (SSSR count). The molecule has 0 radical (unpaired) electrons. The molecular formula is C14H17N2O3P. The van der Waals surface area contributed by atoms with E-state index in [1.165, 1.54) is 6.07 Å². The zero-order valence-electron chi connectivity index (χ0n) is 11.4. The van der Waals surface area contributed by atoms with Gasteiger partial charge in [0, 0.05) is 5.69 Å². The summed E-state index contributed by atoms with van der Waals surface area (Å²) in [5, 5.41) is 0. The highest BCUT2D eigenvalue weighted by molar-refractivity contribution is 7.60. The fraction of sp³-hybridized carbons (Fsp3) is 0.286. The standard InChI is InChI=1S/C14H17N2O3P/c1-10(2)9-11-5-3-6-12(15-11)13-7-4-8-14(16-13)20(17,18)19/h3-8,10H,9H2,1-2H3,(H2,17,18,19). The largest absolute Gasteiger partial charge is 0.374 e. The van der Waals surface area contributed by atoms with Crippen molar-refractivity contribution in [2.24, 2.45) is 5.92 Å². The van der Waals surface area contributed by atoms with Crippen LogP contribution in [0.25, 0.3) is 11.4 Å². The predicted octanol–water partition coefficient (Wildman–Crippen LogP) is 2.15. The number of hydrogen-bond acceptors (Lipinski definition) is 3. The molecule has 0 saturated heterocycles. The molecule has 5 nitrogen and oxygen atoms in total. The molecular weight excluding hydrogens is 275 g/mol. The monoisotopic (exact) mass is 292 g/mol. The average molecular weight is 292 g/mol. The lowest BCUT2D eigenvalue weighted by atomic mass is 10.1. The van der Waals surface area contributed by atoms with Crippen LogP contribution in [-0.4, -0.2) is 19.8 Å². The molecule has 106 valence electrons. The summed E-state index contributed by atoms with van der Waals surface area (Å²) in [6.07, 6.45) is 0.853. The Bertz CT molecular complexity index is 652. The van der Waals surface area contributed by atoms with E-state index in [1.54, 1.807) is 18.2 Å². The summed E-state index contributed by atoms with van der Waals surface area (Å²) < 4.78 is 11.2. The quantitative estimate of drug-likeness (QED) is 0.844. The van der Waals surface area contributed by atoms with E-state index in [0.29, 0.717) is 17.3 Å². The third-order valence-corrected chi connectivity index (χ3v) is 3.57. The first-order valence-electron chi connectivity index (χ1n) is 6.36. The number of aromatic nitrogens is 2. The van der Waals surface area contributed by atoms with Gasteiger partial charge in [0.05, 0.1) is 11.4 Å². The summed E-state index contributed by atoms with van der Waals surface area (Å²) in [5.41, 5.74) is 1.81. The van der Waals surface area contributed by atoms with Gasteiger partial charge in [-0.05, 0) is 36.6 Å². The maximum Gasteiger partial charge on any atom is 0.374 e. The van der Waals surface area contributed by atoms with Gasteiger partial charge in [0.2, 0.25) is 0 Å². The summed E-state index contributed by atoms with van der Waals surface area (Å²) in [6.45, 7) is 4.22. The van der Waals surface area contributed by atoms with Gasteiger partial charge in [-0.25, -0.2) is 4.98 Å². The van der Waals surface area contributed by atoms with E-state index in [0.717, 1.165) is 12.1 Å². The topological polar surface area (TPSA) is 83.3 Å². The summed E-state index contributed by atoms with van der Waals surface area (Å²) in [6, 6.07) is 10.2. The molecule has 2 heterocycles. The van der Waals surface area contributed by atoms with Crippen molar-refractivity contribution >= 4 is 13.0 Å². The minimum Gasteiger partial charge on any atom is -0.320 e. The Hall–Kier alpha value is -1.55. The van der Waals surface area contributed by atoms with Gasteiger partial charge >= 0.3 is 7.60 Å². The molecule has 20 heavy (non-hydrogen) atoms. The molecule has 0 aliphatic heterocycles. The van der Waals surface area contributed by atoms with E-state index in [-0.39, 0.29) is 5.44 Å². The number of nitrogens with zero attached hydrogens (tertiary/aromatic N) is 2. The molecule has 0 aromatic carbocycles. The first-order chi connectivity index (χ1) is 9.36. The van der Waals surface area contributed by atoms with Crippen LogP contribution in [0.3, 0.4) is 0 Å². The van der Waals surface area contributed by atoms with E-state index in [4.69, 9.17) is 9.79 Å². The Kier molecular flexibility index (Phi) is 4.33. The minimum absolute atomic E-state index is 0.230. The molecule has 0 amide bonds. The third kappa shape index (κ3) is 3.73. The predicted molar refractivity (Wildman–Crippen MR) is 77.7 cm³/mol. The highest BCUT2D eigenvalue weighted by Gasteiger charge is 2.19. The Morgan fingerprint density at radius 2 is 1.65 bits per heavy atom. The second-order valence-electron chi connectivity index (χ2n) is 5.04. The third-order valence-electron chi connectivity index (χ3n) is 2.72. The Balaban J connectivity index is 2.39. The van der Waals surface area contributed by atoms with Crippen LogP contribution < -0.4 is 5.44 Å². The van der Waals surface area contributed by atoms with Gasteiger partial charge in [0.25, 0.3) is 0 Å². The first-order valence-corrected chi connectivity index (χ1v) is 7.97. The van der Waals surface area contributed by atoms with Crippen molar-refractivity contribution in [2.45, 2.75) is 20.3 Å². The smallest absolute Gasteiger partial charge is 0.320 e. The molecule has 0 fully saturated rings. The minimum atomic E-state index is -4.34. The van der Waals surface area contributed by atoms with Gasteiger partial charge < -0.3 is 9.79 Å². The van der Waals surface area contributed by atoms with Gasteiger partial charge in [0.1, 0.15) is 0 Å². The molecule has 0 aliphatic carbocycles. The lowest BCUT2D eigenvalue weighted by Crippen LogP contribution is -2.09. The number of hydrogen-bond donors (Lipinski definition) is 2. The van der Waals surface area contributed by atoms with E-state index < -0.39 is 7.60 Å². The van der Waals surface area contributed by atoms with Gasteiger partial charge in [-0.2, -0.15) is 0 Å². The van der Waals surface area contributed by atoms with Crippen molar-refractivity contribution < 1.29 is 14.4 Å². The molecule has 6 heteroatoms. The fourth-order valence-electron chi connectivity index (χ4n) is 1.88. The molecule has 0 spiro atoms. The van der Waals surface area contributed by atoms with Crippen molar-refractivity contribution in [1.29, 1.82) is 0 Å². The maximum absolute atomic E-state index is 11.2. The Labute approximate surface area is 117 Å². The molecule has 0 aliphatic rings. The van der Waals surface area contributed by atoms with Crippen LogP contribution in [-0.2, 0) is 11.0 Å². The maximum atomic E-state index is 11.2. The van der Waals surface area contributed by atoms with Gasteiger partial charge in [-0.15, -0.1) is 0 Å². The lowest BCUT2D eigenvalue weighted by Gasteiger charge is -2.08. The van der Waals surface area contributed by atoms with E-state index in [2.05, 4.69) is 23.8 Å². The highest BCUT2D eigenvalue weighted by Crippen LogP contribution is 2.32. The zero-order valence-corrected chi connectivity index (χ0v) is 12.3. The highest BCUT2D eigenvalue weighted by atomic mass is 31.2. The normalized spacial score (nSPS) is 11.8. The SMILES string of the molecule is CC(C)Cc1cccc(-c2cccc(P(=O)(O)O)n2)n1. The van der Waals surface area contributed by atoms with Crippen molar-refractivity contribution in [1.82, 2.24) is 9.97 Å². The summed E-state index contributed by atoms with van der Waals surface area (Å²) in [7, 11) is -4.34. The molecule has 0 saturated carbocycles. The summed E-state index contributed by atoms with van der Waals surface area (Å²) in [4.78, 5) is 26.8. The second-order valence-corrected chi connectivity index (χ2v) is 6.58. The van der Waals surface area contributed by atoms with Crippen LogP contribution in [0, 0.1) is 5.92 Å².